The van der Waals surface area contributed by atoms with Crippen LogP contribution >= 0.6 is 0 Å². The molecule has 0 bridgehead atoms. The van der Waals surface area contributed by atoms with Crippen LogP contribution in [0, 0.1) is 0 Å². The lowest BCUT2D eigenvalue weighted by atomic mass is 10.0. The Labute approximate surface area is 114 Å². The molecule has 1 N–H and O–H groups in total. The van der Waals surface area contributed by atoms with Crippen LogP contribution in [0.1, 0.15) is 32.6 Å². The maximum Gasteiger partial charge on any atom is 0.244 e. The van der Waals surface area contributed by atoms with Crippen LogP contribution < -0.4 is 10.2 Å². The molecule has 2 heterocycles. The molecule has 0 aromatic carbocycles. The molecular weight excluding hydrogens is 242 g/mol. The lowest BCUT2D eigenvalue weighted by Crippen LogP contribution is -2.39. The van der Waals surface area contributed by atoms with Gasteiger partial charge in [0.15, 0.2) is 5.82 Å². The van der Waals surface area contributed by atoms with Crippen molar-refractivity contribution in [2.45, 2.75) is 38.6 Å². The van der Waals surface area contributed by atoms with Gasteiger partial charge in [0.1, 0.15) is 0 Å². The molecule has 0 spiro atoms. The number of hydrogen-bond acceptors (Lipinski definition) is 6. The molecule has 1 aromatic rings. The Balaban J connectivity index is 2.04. The lowest BCUT2D eigenvalue weighted by molar-refractivity contribution is 0.210. The second-order valence-electron chi connectivity index (χ2n) is 4.81. The van der Waals surface area contributed by atoms with Crippen LogP contribution in [0.3, 0.4) is 0 Å². The van der Waals surface area contributed by atoms with E-state index < -0.39 is 0 Å². The molecule has 1 atom stereocenters. The summed E-state index contributed by atoms with van der Waals surface area (Å²) < 4.78 is 5.00. The van der Waals surface area contributed by atoms with Gasteiger partial charge in [0.25, 0.3) is 0 Å². The third kappa shape index (κ3) is 3.76. The Morgan fingerprint density at radius 3 is 3.16 bits per heavy atom. The van der Waals surface area contributed by atoms with Crippen LogP contribution in [0.2, 0.25) is 0 Å². The molecule has 0 saturated carbocycles. The summed E-state index contributed by atoms with van der Waals surface area (Å²) in [7, 11) is 1.68. The van der Waals surface area contributed by atoms with Crippen LogP contribution in [-0.2, 0) is 4.74 Å². The van der Waals surface area contributed by atoms with Crippen molar-refractivity contribution in [2.24, 2.45) is 0 Å². The minimum Gasteiger partial charge on any atom is -0.383 e. The highest BCUT2D eigenvalue weighted by molar-refractivity contribution is 5.41. The highest BCUT2D eigenvalue weighted by Crippen LogP contribution is 2.24. The zero-order chi connectivity index (χ0) is 13.5. The van der Waals surface area contributed by atoms with Crippen molar-refractivity contribution in [3.8, 4) is 0 Å². The molecule has 106 valence electrons. The predicted molar refractivity (Wildman–Crippen MR) is 75.5 cm³/mol. The molecule has 19 heavy (non-hydrogen) atoms. The average molecular weight is 265 g/mol. The molecule has 1 aliphatic heterocycles. The van der Waals surface area contributed by atoms with E-state index in [0.717, 1.165) is 18.8 Å². The Hall–Kier alpha value is -1.43. The van der Waals surface area contributed by atoms with Gasteiger partial charge in [0.05, 0.1) is 12.8 Å². The van der Waals surface area contributed by atoms with Gasteiger partial charge in [-0.05, 0) is 25.7 Å². The maximum absolute atomic E-state index is 5.00. The fourth-order valence-corrected chi connectivity index (χ4v) is 2.50. The Bertz CT molecular complexity index is 387. The van der Waals surface area contributed by atoms with Gasteiger partial charge in [-0.25, -0.2) is 0 Å². The van der Waals surface area contributed by atoms with E-state index in [1.807, 2.05) is 0 Å². The van der Waals surface area contributed by atoms with Crippen LogP contribution in [0.15, 0.2) is 6.20 Å². The number of nitrogens with zero attached hydrogens (tertiary/aromatic N) is 4. The zero-order valence-electron chi connectivity index (χ0n) is 11.8. The molecule has 1 fully saturated rings. The van der Waals surface area contributed by atoms with E-state index in [4.69, 9.17) is 4.74 Å². The van der Waals surface area contributed by atoms with Crippen molar-refractivity contribution in [2.75, 3.05) is 37.0 Å². The summed E-state index contributed by atoms with van der Waals surface area (Å²) in [6.07, 6.45) is 6.69. The summed E-state index contributed by atoms with van der Waals surface area (Å²) in [4.78, 5) is 6.91. The number of ether oxygens (including phenoxy) is 1. The number of aromatic nitrogens is 3. The number of methoxy groups -OCH3 is 1. The van der Waals surface area contributed by atoms with E-state index in [0.29, 0.717) is 25.1 Å². The number of piperidine rings is 1. The van der Waals surface area contributed by atoms with Gasteiger partial charge in [-0.15, -0.1) is 5.10 Å². The monoisotopic (exact) mass is 265 g/mol. The van der Waals surface area contributed by atoms with Crippen LogP contribution in [0.25, 0.3) is 0 Å². The predicted octanol–water partition coefficient (Wildman–Crippen LogP) is 1.70. The minimum atomic E-state index is 0.579. The fourth-order valence-electron chi connectivity index (χ4n) is 2.50. The van der Waals surface area contributed by atoms with E-state index in [1.165, 1.54) is 19.3 Å². The first-order chi connectivity index (χ1) is 9.35. The molecular formula is C13H23N5O. The normalized spacial score (nSPS) is 19.5. The summed E-state index contributed by atoms with van der Waals surface area (Å²) in [5.41, 5.74) is 0. The number of hydrogen-bond donors (Lipinski definition) is 1. The van der Waals surface area contributed by atoms with E-state index in [-0.39, 0.29) is 0 Å². The van der Waals surface area contributed by atoms with E-state index in [2.05, 4.69) is 32.3 Å². The van der Waals surface area contributed by atoms with Crippen molar-refractivity contribution in [3.05, 3.63) is 6.20 Å². The van der Waals surface area contributed by atoms with Gasteiger partial charge in [-0.3, -0.25) is 0 Å². The Morgan fingerprint density at radius 2 is 2.37 bits per heavy atom. The molecule has 1 aliphatic rings. The first-order valence-corrected chi connectivity index (χ1v) is 7.04. The minimum absolute atomic E-state index is 0.579. The van der Waals surface area contributed by atoms with Crippen molar-refractivity contribution in [1.82, 2.24) is 15.2 Å². The van der Waals surface area contributed by atoms with E-state index in [9.17, 15) is 0 Å². The second-order valence-corrected chi connectivity index (χ2v) is 4.81. The van der Waals surface area contributed by atoms with Gasteiger partial charge in [0, 0.05) is 26.2 Å². The molecule has 0 amide bonds. The Morgan fingerprint density at radius 1 is 1.47 bits per heavy atom. The second kappa shape index (κ2) is 7.23. The maximum atomic E-state index is 5.00. The van der Waals surface area contributed by atoms with Crippen LogP contribution in [0.4, 0.5) is 11.8 Å². The highest BCUT2D eigenvalue weighted by Gasteiger charge is 2.22. The van der Waals surface area contributed by atoms with Gasteiger partial charge >= 0.3 is 0 Å². The number of nitrogens with one attached hydrogen (secondary N) is 1. The summed E-state index contributed by atoms with van der Waals surface area (Å²) in [5.74, 6) is 1.51. The SMILES string of the molecule is CCC1CCCCN1c1cnnc(NCCOC)n1. The molecule has 0 radical (unpaired) electrons. The van der Waals surface area contributed by atoms with E-state index in [1.54, 1.807) is 13.3 Å². The van der Waals surface area contributed by atoms with Crippen molar-refractivity contribution < 1.29 is 4.74 Å². The first-order valence-electron chi connectivity index (χ1n) is 7.04. The molecule has 1 unspecified atom stereocenters. The fraction of sp³-hybridized carbons (Fsp3) is 0.769. The lowest BCUT2D eigenvalue weighted by Gasteiger charge is -2.35. The van der Waals surface area contributed by atoms with Gasteiger partial charge in [-0.1, -0.05) is 6.92 Å². The third-order valence-corrected chi connectivity index (χ3v) is 3.53. The molecule has 1 saturated heterocycles. The third-order valence-electron chi connectivity index (χ3n) is 3.53. The highest BCUT2D eigenvalue weighted by atomic mass is 16.5. The standard InChI is InChI=1S/C13H23N5O/c1-3-11-6-4-5-8-18(11)12-10-15-17-13(16-12)14-7-9-19-2/h10-11H,3-9H2,1-2H3,(H,14,16,17). The first kappa shape index (κ1) is 14.0. The topological polar surface area (TPSA) is 63.2 Å². The molecule has 2 rings (SSSR count). The van der Waals surface area contributed by atoms with Crippen molar-refractivity contribution in [1.29, 1.82) is 0 Å². The average Bonchev–Trinajstić information content (AvgIpc) is 2.48. The van der Waals surface area contributed by atoms with Gasteiger partial charge in [0.2, 0.25) is 5.95 Å². The van der Waals surface area contributed by atoms with Gasteiger partial charge in [-0.2, -0.15) is 10.1 Å². The quantitative estimate of drug-likeness (QED) is 0.790. The largest absolute Gasteiger partial charge is 0.383 e. The molecule has 0 aliphatic carbocycles. The van der Waals surface area contributed by atoms with Crippen LogP contribution in [0.5, 0.6) is 0 Å². The summed E-state index contributed by atoms with van der Waals surface area (Å²) in [5, 5.41) is 11.2. The number of rotatable bonds is 6. The van der Waals surface area contributed by atoms with Gasteiger partial charge < -0.3 is 15.0 Å². The molecule has 6 nitrogen and oxygen atoms in total. The summed E-state index contributed by atoms with van der Waals surface area (Å²) >= 11 is 0. The summed E-state index contributed by atoms with van der Waals surface area (Å²) in [6.45, 7) is 4.62. The number of anilines is 2. The molecule has 1 aromatic heterocycles. The van der Waals surface area contributed by atoms with E-state index >= 15 is 0 Å². The van der Waals surface area contributed by atoms with Crippen molar-refractivity contribution >= 4 is 11.8 Å². The zero-order valence-corrected chi connectivity index (χ0v) is 11.8. The van der Waals surface area contributed by atoms with Crippen LogP contribution in [-0.4, -0.2) is 48.0 Å². The molecule has 6 heteroatoms. The summed E-state index contributed by atoms with van der Waals surface area (Å²) in [6, 6.07) is 0.581. The Kier molecular flexibility index (Phi) is 5.32. The van der Waals surface area contributed by atoms with Crippen molar-refractivity contribution in [3.63, 3.8) is 0 Å². The smallest absolute Gasteiger partial charge is 0.244 e.